The molecule has 1 unspecified atom stereocenters. The topological polar surface area (TPSA) is 62.7 Å². The van der Waals surface area contributed by atoms with Gasteiger partial charge in [0.2, 0.25) is 0 Å². The van der Waals surface area contributed by atoms with Crippen LogP contribution in [0, 0.1) is 0 Å². The van der Waals surface area contributed by atoms with E-state index in [2.05, 4.69) is 17.1 Å². The average Bonchev–Trinajstić information content (AvgIpc) is 2.90. The molecule has 0 saturated carbocycles. The van der Waals surface area contributed by atoms with Crippen LogP contribution < -0.4 is 4.74 Å². The number of aryl methyl sites for hydroxylation is 1. The molecule has 36 heavy (non-hydrogen) atoms. The number of ether oxygens (including phenoxy) is 1. The molecule has 4 rings (SSSR count). The number of hydroxylamine groups is 2. The molecule has 0 fully saturated rings. The van der Waals surface area contributed by atoms with Crippen LogP contribution in [0.1, 0.15) is 34.9 Å². The maximum Gasteiger partial charge on any atom is 0.255 e. The summed E-state index contributed by atoms with van der Waals surface area (Å²) in [4.78, 5) is 16.7. The monoisotopic (exact) mass is 520 g/mol. The maximum absolute atomic E-state index is 12.0. The van der Waals surface area contributed by atoms with Gasteiger partial charge < -0.3 is 4.74 Å². The van der Waals surface area contributed by atoms with E-state index in [0.717, 1.165) is 52.2 Å². The zero-order valence-corrected chi connectivity index (χ0v) is 21.7. The van der Waals surface area contributed by atoms with Crippen LogP contribution in [0.4, 0.5) is 0 Å². The number of para-hydroxylation sites is 1. The average molecular weight is 521 g/mol. The van der Waals surface area contributed by atoms with Gasteiger partial charge in [-0.15, -0.1) is 11.8 Å². The largest absolute Gasteiger partial charge is 0.487 e. The second-order valence-electron chi connectivity index (χ2n) is 8.59. The number of rotatable bonds is 11. The fourth-order valence-electron chi connectivity index (χ4n) is 3.90. The molecule has 1 N–H and O–H groups in total. The van der Waals surface area contributed by atoms with E-state index in [1.165, 1.54) is 24.4 Å². The molecule has 3 aromatic carbocycles. The minimum atomic E-state index is -0.322. The number of carbonyl (C=O) groups is 1. The highest BCUT2D eigenvalue weighted by molar-refractivity contribution is 8.00. The van der Waals surface area contributed by atoms with Gasteiger partial charge in [0.1, 0.15) is 12.4 Å². The van der Waals surface area contributed by atoms with Crippen molar-refractivity contribution in [1.29, 1.82) is 0 Å². The molecule has 5 nitrogen and oxygen atoms in total. The Morgan fingerprint density at radius 1 is 1.06 bits per heavy atom. The summed E-state index contributed by atoms with van der Waals surface area (Å²) in [6.07, 6.45) is 2.76. The first kappa shape index (κ1) is 26.0. The number of halogens is 1. The van der Waals surface area contributed by atoms with Crippen LogP contribution >= 0.6 is 23.4 Å². The quantitative estimate of drug-likeness (QED) is 0.168. The fraction of sp³-hybridized carbons (Fsp3) is 0.241. The first-order chi connectivity index (χ1) is 17.5. The number of aromatic nitrogens is 1. The molecule has 1 atom stereocenters. The summed E-state index contributed by atoms with van der Waals surface area (Å²) in [7, 11) is 1.35. The van der Waals surface area contributed by atoms with E-state index in [1.54, 1.807) is 0 Å². The lowest BCUT2D eigenvalue weighted by atomic mass is 10.0. The Hall–Kier alpha value is -3.06. The summed E-state index contributed by atoms with van der Waals surface area (Å²) < 4.78 is 6.08. The van der Waals surface area contributed by atoms with Gasteiger partial charge in [0.15, 0.2) is 0 Å². The first-order valence-corrected chi connectivity index (χ1v) is 13.3. The van der Waals surface area contributed by atoms with E-state index in [-0.39, 0.29) is 16.9 Å². The van der Waals surface area contributed by atoms with Crippen LogP contribution in [0.5, 0.6) is 5.75 Å². The Bertz CT molecular complexity index is 1300. The lowest BCUT2D eigenvalue weighted by Gasteiger charge is -2.19. The van der Waals surface area contributed by atoms with Crippen LogP contribution in [-0.4, -0.2) is 34.0 Å². The standard InChI is InChI=1S/C29H29ClN2O3S/c1-32(34)29(33)20-36-28(11-4-6-21-12-15-24(30)16-13-21)23-8-5-9-26(18-23)35-19-25-17-14-22-7-2-3-10-27(22)31-25/h2-3,5,7-10,12-18,28,34H,4,6,11,19-20H2,1H3. The molecule has 0 aliphatic rings. The zero-order chi connectivity index (χ0) is 25.3. The van der Waals surface area contributed by atoms with Crippen LogP contribution in [0.25, 0.3) is 10.9 Å². The van der Waals surface area contributed by atoms with Gasteiger partial charge >= 0.3 is 0 Å². The molecule has 186 valence electrons. The van der Waals surface area contributed by atoms with Crippen molar-refractivity contribution in [2.24, 2.45) is 0 Å². The van der Waals surface area contributed by atoms with E-state index < -0.39 is 0 Å². The molecule has 7 heteroatoms. The molecular weight excluding hydrogens is 492 g/mol. The smallest absolute Gasteiger partial charge is 0.255 e. The van der Waals surface area contributed by atoms with Crippen molar-refractivity contribution in [3.63, 3.8) is 0 Å². The third-order valence-corrected chi connectivity index (χ3v) is 7.46. The van der Waals surface area contributed by atoms with Gasteiger partial charge in [0, 0.05) is 22.7 Å². The minimum absolute atomic E-state index is 0.0866. The summed E-state index contributed by atoms with van der Waals surface area (Å²) in [5.41, 5.74) is 4.13. The Morgan fingerprint density at radius 3 is 2.67 bits per heavy atom. The molecule has 1 heterocycles. The highest BCUT2D eigenvalue weighted by atomic mass is 35.5. The number of amides is 1. The number of hydrogen-bond acceptors (Lipinski definition) is 5. The fourth-order valence-corrected chi connectivity index (χ4v) is 5.23. The van der Waals surface area contributed by atoms with Gasteiger partial charge in [-0.3, -0.25) is 10.0 Å². The van der Waals surface area contributed by atoms with Gasteiger partial charge in [-0.2, -0.15) is 0 Å². The number of benzene rings is 3. The predicted octanol–water partition coefficient (Wildman–Crippen LogP) is 7.11. The summed E-state index contributed by atoms with van der Waals surface area (Å²) in [6.45, 7) is 0.371. The Labute approximate surface area is 221 Å². The molecule has 1 aromatic heterocycles. The normalized spacial score (nSPS) is 11.9. The van der Waals surface area contributed by atoms with Gasteiger partial charge in [0.05, 0.1) is 17.0 Å². The molecule has 0 spiro atoms. The van der Waals surface area contributed by atoms with Crippen molar-refractivity contribution in [3.05, 3.63) is 107 Å². The highest BCUT2D eigenvalue weighted by Gasteiger charge is 2.17. The first-order valence-electron chi connectivity index (χ1n) is 11.9. The van der Waals surface area contributed by atoms with Crippen LogP contribution in [0.3, 0.4) is 0 Å². The summed E-state index contributed by atoms with van der Waals surface area (Å²) in [6, 6.07) is 28.0. The number of carbonyl (C=O) groups excluding carboxylic acids is 1. The molecular formula is C29H29ClN2O3S. The Morgan fingerprint density at radius 2 is 1.86 bits per heavy atom. The molecule has 0 bridgehead atoms. The van der Waals surface area contributed by atoms with Crippen LogP contribution in [0.15, 0.2) is 84.9 Å². The lowest BCUT2D eigenvalue weighted by molar-refractivity contribution is -0.155. The molecule has 0 radical (unpaired) electrons. The second kappa shape index (κ2) is 12.8. The summed E-state index contributed by atoms with van der Waals surface area (Å²) >= 11 is 7.54. The van der Waals surface area contributed by atoms with Gasteiger partial charge in [-0.25, -0.2) is 10.0 Å². The Balaban J connectivity index is 1.42. The SMILES string of the molecule is CN(O)C(=O)CSC(CCCc1ccc(Cl)cc1)c1cccc(OCc2ccc3ccccc3n2)c1. The lowest BCUT2D eigenvalue weighted by Crippen LogP contribution is -2.24. The number of fused-ring (bicyclic) bond motifs is 1. The third-order valence-electron chi connectivity index (χ3n) is 5.89. The number of nitrogens with zero attached hydrogens (tertiary/aromatic N) is 2. The van der Waals surface area contributed by atoms with Gasteiger partial charge in [0.25, 0.3) is 5.91 Å². The molecule has 0 aliphatic carbocycles. The van der Waals surface area contributed by atoms with Crippen LogP contribution in [0.2, 0.25) is 5.02 Å². The number of thioether (sulfide) groups is 1. The van der Waals surface area contributed by atoms with E-state index in [9.17, 15) is 10.0 Å². The van der Waals surface area contributed by atoms with E-state index in [4.69, 9.17) is 16.3 Å². The summed E-state index contributed by atoms with van der Waals surface area (Å²) in [5, 5.41) is 12.0. The van der Waals surface area contributed by atoms with E-state index in [0.29, 0.717) is 11.7 Å². The van der Waals surface area contributed by atoms with Crippen molar-refractivity contribution in [3.8, 4) is 5.75 Å². The summed E-state index contributed by atoms with van der Waals surface area (Å²) in [5.74, 6) is 0.638. The van der Waals surface area contributed by atoms with E-state index in [1.807, 2.05) is 72.8 Å². The number of pyridine rings is 1. The van der Waals surface area contributed by atoms with Crippen LogP contribution in [-0.2, 0) is 17.8 Å². The zero-order valence-electron chi connectivity index (χ0n) is 20.1. The maximum atomic E-state index is 12.0. The molecule has 4 aromatic rings. The molecule has 1 amide bonds. The molecule has 0 saturated heterocycles. The van der Waals surface area contributed by atoms with Crippen molar-refractivity contribution in [2.45, 2.75) is 31.1 Å². The highest BCUT2D eigenvalue weighted by Crippen LogP contribution is 2.35. The second-order valence-corrected chi connectivity index (χ2v) is 10.2. The van der Waals surface area contributed by atoms with Crippen molar-refractivity contribution in [2.75, 3.05) is 12.8 Å². The van der Waals surface area contributed by atoms with Crippen molar-refractivity contribution in [1.82, 2.24) is 10.0 Å². The Kier molecular flexibility index (Phi) is 9.23. The van der Waals surface area contributed by atoms with E-state index >= 15 is 0 Å². The number of hydrogen-bond donors (Lipinski definition) is 1. The van der Waals surface area contributed by atoms with Crippen molar-refractivity contribution >= 4 is 40.2 Å². The minimum Gasteiger partial charge on any atom is -0.487 e. The van der Waals surface area contributed by atoms with Crippen molar-refractivity contribution < 1.29 is 14.7 Å². The predicted molar refractivity (Wildman–Crippen MR) is 147 cm³/mol. The molecule has 0 aliphatic heterocycles. The third kappa shape index (κ3) is 7.47. The van der Waals surface area contributed by atoms with Gasteiger partial charge in [-0.1, -0.05) is 60.1 Å². The van der Waals surface area contributed by atoms with Gasteiger partial charge in [-0.05, 0) is 66.8 Å².